The Morgan fingerprint density at radius 2 is 1.76 bits per heavy atom. The van der Waals surface area contributed by atoms with Crippen molar-refractivity contribution in [2.45, 2.75) is 38.2 Å². The molecular formula is C29H24Cl2N2O3S. The van der Waals surface area contributed by atoms with Gasteiger partial charge in [0.05, 0.1) is 21.7 Å². The van der Waals surface area contributed by atoms with Gasteiger partial charge in [0, 0.05) is 21.2 Å². The molecule has 1 N–H and O–H groups in total. The molecule has 0 radical (unpaired) electrons. The Labute approximate surface area is 229 Å². The van der Waals surface area contributed by atoms with Gasteiger partial charge in [-0.3, -0.25) is 5.32 Å². The van der Waals surface area contributed by atoms with Gasteiger partial charge < -0.3 is 9.53 Å². The minimum absolute atomic E-state index is 0.300. The highest BCUT2D eigenvalue weighted by molar-refractivity contribution is 7.10. The first-order chi connectivity index (χ1) is 17.8. The normalized spacial score (nSPS) is 14.6. The summed E-state index contributed by atoms with van der Waals surface area (Å²) in [5.74, 6) is 0. The van der Waals surface area contributed by atoms with Crippen molar-refractivity contribution in [3.63, 3.8) is 0 Å². The van der Waals surface area contributed by atoms with E-state index in [0.717, 1.165) is 51.8 Å². The first-order valence-corrected chi connectivity index (χ1v) is 13.4. The molecule has 1 fully saturated rings. The molecule has 1 aromatic heterocycles. The molecule has 1 saturated carbocycles. The third kappa shape index (κ3) is 5.14. The van der Waals surface area contributed by atoms with Gasteiger partial charge in [0.1, 0.15) is 12.4 Å². The van der Waals surface area contributed by atoms with E-state index in [0.29, 0.717) is 21.4 Å². The minimum atomic E-state index is -0.594. The van der Waals surface area contributed by atoms with Crippen molar-refractivity contribution in [2.75, 3.05) is 5.32 Å². The molecule has 5 nitrogen and oxygen atoms in total. The van der Waals surface area contributed by atoms with Crippen LogP contribution in [-0.4, -0.2) is 16.8 Å². The van der Waals surface area contributed by atoms with E-state index >= 15 is 0 Å². The third-order valence-electron chi connectivity index (χ3n) is 6.73. The quantitative estimate of drug-likeness (QED) is 0.234. The van der Waals surface area contributed by atoms with E-state index in [4.69, 9.17) is 27.9 Å². The molecule has 5 rings (SSSR count). The lowest BCUT2D eigenvalue weighted by molar-refractivity contribution is -0.109. The molecule has 188 valence electrons. The van der Waals surface area contributed by atoms with Crippen LogP contribution in [0.1, 0.15) is 42.7 Å². The van der Waals surface area contributed by atoms with E-state index in [1.54, 1.807) is 13.0 Å². The van der Waals surface area contributed by atoms with E-state index in [9.17, 15) is 9.59 Å². The van der Waals surface area contributed by atoms with Gasteiger partial charge in [-0.1, -0.05) is 77.8 Å². The fourth-order valence-electron chi connectivity index (χ4n) is 4.36. The molecule has 0 spiro atoms. The number of rotatable bonds is 7. The zero-order valence-electron chi connectivity index (χ0n) is 20.3. The molecule has 3 aromatic carbocycles. The lowest BCUT2D eigenvalue weighted by Crippen LogP contribution is -2.16. The molecule has 0 unspecified atom stereocenters. The van der Waals surface area contributed by atoms with Gasteiger partial charge in [-0.2, -0.15) is 4.37 Å². The lowest BCUT2D eigenvalue weighted by Gasteiger charge is -2.16. The number of carbonyl (C=O) groups excluding carboxylic acids is 2. The predicted molar refractivity (Wildman–Crippen MR) is 150 cm³/mol. The molecule has 0 aliphatic heterocycles. The summed E-state index contributed by atoms with van der Waals surface area (Å²) in [6.07, 6.45) is 1.75. The van der Waals surface area contributed by atoms with E-state index in [1.807, 2.05) is 67.6 Å². The summed E-state index contributed by atoms with van der Waals surface area (Å²) >= 11 is 14.2. The highest BCUT2D eigenvalue weighted by atomic mass is 35.5. The van der Waals surface area contributed by atoms with E-state index in [-0.39, 0.29) is 5.41 Å². The number of anilines is 1. The molecule has 0 saturated heterocycles. The average molecular weight is 551 g/mol. The zero-order valence-corrected chi connectivity index (χ0v) is 22.6. The van der Waals surface area contributed by atoms with Crippen molar-refractivity contribution < 1.29 is 14.3 Å². The second-order valence-electron chi connectivity index (χ2n) is 9.21. The standard InChI is InChI=1S/C29H24Cl2N2O3S/c1-17-26(32-28(35)36-18(2)22-5-3-4-6-24(22)30)27(37-33-17)20-9-12-23(25(31)15-20)19-7-10-21(11-8-19)29(16-34)13-14-29/h3-12,15-16,18H,13-14H2,1-2H3,(H,32,35)/t18-/m1/s1. The second-order valence-corrected chi connectivity index (χ2v) is 10.8. The Hall–Kier alpha value is -3.19. The summed E-state index contributed by atoms with van der Waals surface area (Å²) < 4.78 is 10.0. The number of nitrogens with one attached hydrogen (secondary N) is 1. The van der Waals surface area contributed by atoms with Crippen LogP contribution in [0.15, 0.2) is 66.7 Å². The molecule has 1 heterocycles. The zero-order chi connectivity index (χ0) is 26.2. The maximum absolute atomic E-state index is 12.7. The van der Waals surface area contributed by atoms with E-state index in [2.05, 4.69) is 9.69 Å². The minimum Gasteiger partial charge on any atom is -0.441 e. The lowest BCUT2D eigenvalue weighted by atomic mass is 9.94. The highest BCUT2D eigenvalue weighted by Gasteiger charge is 2.44. The van der Waals surface area contributed by atoms with Crippen LogP contribution in [0, 0.1) is 6.92 Å². The monoisotopic (exact) mass is 550 g/mol. The van der Waals surface area contributed by atoms with Crippen molar-refractivity contribution in [3.05, 3.63) is 93.6 Å². The summed E-state index contributed by atoms with van der Waals surface area (Å²) in [4.78, 5) is 24.9. The van der Waals surface area contributed by atoms with Crippen LogP contribution in [0.25, 0.3) is 21.6 Å². The van der Waals surface area contributed by atoms with Crippen LogP contribution in [-0.2, 0) is 14.9 Å². The first-order valence-electron chi connectivity index (χ1n) is 11.9. The Balaban J connectivity index is 1.34. The summed E-state index contributed by atoms with van der Waals surface area (Å²) in [5, 5.41) is 3.96. The first kappa shape index (κ1) is 25.5. The molecule has 1 amide bonds. The summed E-state index contributed by atoms with van der Waals surface area (Å²) in [6, 6.07) is 21.1. The average Bonchev–Trinajstić information content (AvgIpc) is 3.62. The Bertz CT molecular complexity index is 1480. The Morgan fingerprint density at radius 1 is 1.05 bits per heavy atom. The maximum Gasteiger partial charge on any atom is 0.412 e. The topological polar surface area (TPSA) is 68.3 Å². The Morgan fingerprint density at radius 3 is 2.41 bits per heavy atom. The maximum atomic E-state index is 12.7. The number of amides is 1. The number of nitrogens with zero attached hydrogens (tertiary/aromatic N) is 1. The smallest absolute Gasteiger partial charge is 0.412 e. The second kappa shape index (κ2) is 10.3. The summed E-state index contributed by atoms with van der Waals surface area (Å²) in [6.45, 7) is 3.60. The molecular weight excluding hydrogens is 527 g/mol. The predicted octanol–water partition coefficient (Wildman–Crippen LogP) is 8.63. The highest BCUT2D eigenvalue weighted by Crippen LogP contribution is 2.47. The number of hydrogen-bond acceptors (Lipinski definition) is 5. The van der Waals surface area contributed by atoms with Crippen molar-refractivity contribution in [3.8, 4) is 21.6 Å². The van der Waals surface area contributed by atoms with Gasteiger partial charge in [0.15, 0.2) is 0 Å². The van der Waals surface area contributed by atoms with Gasteiger partial charge in [-0.25, -0.2) is 4.79 Å². The van der Waals surface area contributed by atoms with Gasteiger partial charge >= 0.3 is 6.09 Å². The number of aldehydes is 1. The van der Waals surface area contributed by atoms with Crippen molar-refractivity contribution in [1.29, 1.82) is 0 Å². The number of halogens is 2. The van der Waals surface area contributed by atoms with Crippen LogP contribution in [0.2, 0.25) is 10.0 Å². The molecule has 1 aliphatic rings. The van der Waals surface area contributed by atoms with Gasteiger partial charge in [-0.15, -0.1) is 0 Å². The van der Waals surface area contributed by atoms with Crippen LogP contribution in [0.4, 0.5) is 10.5 Å². The largest absolute Gasteiger partial charge is 0.441 e. The van der Waals surface area contributed by atoms with Gasteiger partial charge in [0.2, 0.25) is 0 Å². The van der Waals surface area contributed by atoms with Gasteiger partial charge in [-0.05, 0) is 67.0 Å². The van der Waals surface area contributed by atoms with Crippen LogP contribution >= 0.6 is 34.7 Å². The molecule has 8 heteroatoms. The SMILES string of the molecule is Cc1nsc(-c2ccc(-c3ccc(C4(C=O)CC4)cc3)c(Cl)c2)c1NC(=O)O[C@H](C)c1ccccc1Cl. The number of carbonyl (C=O) groups is 2. The molecule has 4 aromatic rings. The summed E-state index contributed by atoms with van der Waals surface area (Å²) in [7, 11) is 0. The number of hydrogen-bond donors (Lipinski definition) is 1. The van der Waals surface area contributed by atoms with Crippen LogP contribution in [0.3, 0.4) is 0 Å². The van der Waals surface area contributed by atoms with E-state index < -0.39 is 12.2 Å². The number of aryl methyl sites for hydroxylation is 1. The van der Waals surface area contributed by atoms with Crippen molar-refractivity contribution in [2.24, 2.45) is 0 Å². The fourth-order valence-corrected chi connectivity index (χ4v) is 5.78. The van der Waals surface area contributed by atoms with E-state index in [1.165, 1.54) is 11.5 Å². The van der Waals surface area contributed by atoms with Crippen LogP contribution < -0.4 is 5.32 Å². The van der Waals surface area contributed by atoms with Crippen molar-refractivity contribution in [1.82, 2.24) is 4.37 Å². The third-order valence-corrected chi connectivity index (χ3v) is 8.38. The molecule has 1 atom stereocenters. The summed E-state index contributed by atoms with van der Waals surface area (Å²) in [5.41, 5.74) is 5.43. The van der Waals surface area contributed by atoms with Crippen molar-refractivity contribution >= 4 is 52.8 Å². The molecule has 37 heavy (non-hydrogen) atoms. The number of ether oxygens (including phenoxy) is 1. The number of benzene rings is 3. The number of aromatic nitrogens is 1. The van der Waals surface area contributed by atoms with Crippen LogP contribution in [0.5, 0.6) is 0 Å². The fraction of sp³-hybridized carbons (Fsp3) is 0.207. The molecule has 0 bridgehead atoms. The Kier molecular flexibility index (Phi) is 7.08. The molecule has 1 aliphatic carbocycles. The van der Waals surface area contributed by atoms with Gasteiger partial charge in [0.25, 0.3) is 0 Å².